The number of fused-ring (bicyclic) bond motifs is 9. The highest BCUT2D eigenvalue weighted by Gasteiger charge is 2.36. The van der Waals surface area contributed by atoms with Crippen LogP contribution in [0.2, 0.25) is 0 Å². The molecule has 5 heteroatoms. The smallest absolute Gasteiger partial charge is 0.164 e. The fourth-order valence-corrected chi connectivity index (χ4v) is 8.55. The average Bonchev–Trinajstić information content (AvgIpc) is 3.83. The molecule has 0 amide bonds. The van der Waals surface area contributed by atoms with E-state index in [-0.39, 0.29) is 5.41 Å². The Morgan fingerprint density at radius 1 is 0.472 bits per heavy atom. The lowest BCUT2D eigenvalue weighted by molar-refractivity contribution is 0.661. The molecule has 1 aliphatic carbocycles. The van der Waals surface area contributed by atoms with Gasteiger partial charge in [0.05, 0.1) is 16.7 Å². The summed E-state index contributed by atoms with van der Waals surface area (Å²) < 4.78 is 9.27. The number of aromatic nitrogens is 4. The summed E-state index contributed by atoms with van der Waals surface area (Å²) in [6, 6.07) is 55.2. The van der Waals surface area contributed by atoms with Crippen molar-refractivity contribution in [2.24, 2.45) is 0 Å². The van der Waals surface area contributed by atoms with Crippen LogP contribution in [0.15, 0.2) is 162 Å². The molecule has 1 aliphatic rings. The Morgan fingerprint density at radius 2 is 1.09 bits per heavy atom. The summed E-state index contributed by atoms with van der Waals surface area (Å²) in [6.45, 7) is 4.68. The second-order valence-corrected chi connectivity index (χ2v) is 14.4. The Morgan fingerprint density at radius 3 is 1.87 bits per heavy atom. The fraction of sp³-hybridized carbons (Fsp3) is 0.0625. The van der Waals surface area contributed by atoms with Gasteiger partial charge < -0.3 is 8.98 Å². The minimum atomic E-state index is -0.0890. The Balaban J connectivity index is 1.17. The van der Waals surface area contributed by atoms with Crippen LogP contribution < -0.4 is 0 Å². The Bertz CT molecular complexity index is 3020. The zero-order valence-corrected chi connectivity index (χ0v) is 29.2. The molecule has 3 aromatic heterocycles. The first kappa shape index (κ1) is 29.8. The van der Waals surface area contributed by atoms with E-state index in [1.165, 1.54) is 33.0 Å². The van der Waals surface area contributed by atoms with Crippen LogP contribution in [0.25, 0.3) is 94.7 Å². The predicted molar refractivity (Wildman–Crippen MR) is 215 cm³/mol. The van der Waals surface area contributed by atoms with Crippen LogP contribution in [-0.2, 0) is 5.41 Å². The van der Waals surface area contributed by atoms with Crippen molar-refractivity contribution in [2.75, 3.05) is 0 Å². The van der Waals surface area contributed by atoms with E-state index in [4.69, 9.17) is 19.4 Å². The lowest BCUT2D eigenvalue weighted by atomic mass is 9.82. The Kier molecular flexibility index (Phi) is 6.23. The molecule has 3 heterocycles. The zero-order chi connectivity index (χ0) is 35.3. The molecule has 0 saturated heterocycles. The van der Waals surface area contributed by atoms with Crippen LogP contribution in [0.3, 0.4) is 0 Å². The largest absolute Gasteiger partial charge is 0.454 e. The van der Waals surface area contributed by atoms with E-state index in [2.05, 4.69) is 103 Å². The Labute approximate surface area is 305 Å². The predicted octanol–water partition coefficient (Wildman–Crippen LogP) is 12.2. The second kappa shape index (κ2) is 11.1. The molecule has 0 spiro atoms. The number of nitrogens with zero attached hydrogens (tertiary/aromatic N) is 4. The third-order valence-electron chi connectivity index (χ3n) is 11.1. The van der Waals surface area contributed by atoms with E-state index < -0.39 is 0 Å². The highest BCUT2D eigenvalue weighted by atomic mass is 16.3. The topological polar surface area (TPSA) is 56.7 Å². The number of furan rings is 1. The summed E-state index contributed by atoms with van der Waals surface area (Å²) in [7, 11) is 0. The van der Waals surface area contributed by atoms with Crippen molar-refractivity contribution in [3.63, 3.8) is 0 Å². The summed E-state index contributed by atoms with van der Waals surface area (Å²) in [5, 5.41) is 4.44. The van der Waals surface area contributed by atoms with Gasteiger partial charge in [-0.15, -0.1) is 0 Å². The number of rotatable bonds is 4. The highest BCUT2D eigenvalue weighted by Crippen LogP contribution is 2.51. The van der Waals surface area contributed by atoms with Gasteiger partial charge in [-0.2, -0.15) is 0 Å². The third kappa shape index (κ3) is 4.34. The maximum atomic E-state index is 6.89. The molecule has 0 aliphatic heterocycles. The summed E-state index contributed by atoms with van der Waals surface area (Å²) in [4.78, 5) is 15.1. The van der Waals surface area contributed by atoms with Crippen molar-refractivity contribution in [2.45, 2.75) is 19.3 Å². The average molecular weight is 681 g/mol. The van der Waals surface area contributed by atoms with E-state index in [0.717, 1.165) is 55.3 Å². The van der Waals surface area contributed by atoms with Crippen molar-refractivity contribution in [1.29, 1.82) is 0 Å². The molecule has 11 rings (SSSR count). The van der Waals surface area contributed by atoms with Crippen LogP contribution in [-0.4, -0.2) is 19.5 Å². The van der Waals surface area contributed by atoms with E-state index in [0.29, 0.717) is 17.5 Å². The lowest BCUT2D eigenvalue weighted by Crippen LogP contribution is -2.14. The number of para-hydroxylation sites is 2. The quantitative estimate of drug-likeness (QED) is 0.186. The Hall–Kier alpha value is -6.85. The minimum Gasteiger partial charge on any atom is -0.454 e. The van der Waals surface area contributed by atoms with Crippen molar-refractivity contribution in [1.82, 2.24) is 19.5 Å². The lowest BCUT2D eigenvalue weighted by Gasteiger charge is -2.21. The molecule has 7 aromatic carbocycles. The zero-order valence-electron chi connectivity index (χ0n) is 29.2. The molecule has 0 N–H and O–H groups in total. The SMILES string of the molecule is CC1(C)c2ccccc2-c2cc3c(cc21)c1ccccc1n3-c1cccc2c1oc1cccc(-c3nc(-c4ccccc4)nc(-c4ccccc4)n3)c12. The van der Waals surface area contributed by atoms with Gasteiger partial charge in [0, 0.05) is 43.7 Å². The number of hydrogen-bond donors (Lipinski definition) is 0. The standard InChI is InChI=1S/C48H32N4O/c1-48(2)37-23-11-9-19-31(37)35-28-41-36(27-38(35)48)32-20-10-12-24-39(32)52(41)40-25-13-21-33-43-34(22-14-26-42(43)53-44(33)40)47-50-45(29-15-5-3-6-16-29)49-46(51-47)30-17-7-4-8-18-30/h3-28H,1-2H3. The van der Waals surface area contributed by atoms with Crippen LogP contribution in [0, 0.1) is 0 Å². The molecule has 5 nitrogen and oxygen atoms in total. The monoisotopic (exact) mass is 680 g/mol. The fourth-order valence-electron chi connectivity index (χ4n) is 8.55. The molecule has 0 atom stereocenters. The first-order chi connectivity index (χ1) is 26.0. The molecule has 250 valence electrons. The maximum Gasteiger partial charge on any atom is 0.164 e. The first-order valence-corrected chi connectivity index (χ1v) is 18.0. The third-order valence-corrected chi connectivity index (χ3v) is 11.1. The molecule has 10 aromatic rings. The van der Waals surface area contributed by atoms with Crippen molar-refractivity contribution in [3.8, 4) is 51.0 Å². The molecular formula is C48H32N4O. The number of benzene rings is 7. The van der Waals surface area contributed by atoms with Gasteiger partial charge >= 0.3 is 0 Å². The molecule has 0 bridgehead atoms. The van der Waals surface area contributed by atoms with Crippen LogP contribution in [0.4, 0.5) is 0 Å². The second-order valence-electron chi connectivity index (χ2n) is 14.4. The maximum absolute atomic E-state index is 6.89. The van der Waals surface area contributed by atoms with Crippen LogP contribution >= 0.6 is 0 Å². The van der Waals surface area contributed by atoms with E-state index in [1.54, 1.807) is 0 Å². The molecule has 0 saturated carbocycles. The van der Waals surface area contributed by atoms with Crippen LogP contribution in [0.5, 0.6) is 0 Å². The minimum absolute atomic E-state index is 0.0890. The normalized spacial score (nSPS) is 13.2. The van der Waals surface area contributed by atoms with Crippen molar-refractivity contribution in [3.05, 3.63) is 169 Å². The first-order valence-electron chi connectivity index (χ1n) is 18.0. The molecule has 0 fully saturated rings. The molecule has 0 radical (unpaired) electrons. The summed E-state index contributed by atoms with van der Waals surface area (Å²) in [6.07, 6.45) is 0. The van der Waals surface area contributed by atoms with E-state index in [9.17, 15) is 0 Å². The van der Waals surface area contributed by atoms with Crippen LogP contribution in [0.1, 0.15) is 25.0 Å². The van der Waals surface area contributed by atoms with E-state index >= 15 is 0 Å². The van der Waals surface area contributed by atoms with Gasteiger partial charge in [-0.3, -0.25) is 0 Å². The summed E-state index contributed by atoms with van der Waals surface area (Å²) >= 11 is 0. The highest BCUT2D eigenvalue weighted by molar-refractivity contribution is 6.16. The molecule has 53 heavy (non-hydrogen) atoms. The molecule has 0 unspecified atom stereocenters. The molecular weight excluding hydrogens is 649 g/mol. The summed E-state index contributed by atoms with van der Waals surface area (Å²) in [5.41, 5.74) is 12.9. The van der Waals surface area contributed by atoms with Gasteiger partial charge in [-0.1, -0.05) is 141 Å². The van der Waals surface area contributed by atoms with Gasteiger partial charge in [-0.25, -0.2) is 15.0 Å². The van der Waals surface area contributed by atoms with Crippen molar-refractivity contribution < 1.29 is 4.42 Å². The van der Waals surface area contributed by atoms with E-state index in [1.807, 2.05) is 72.8 Å². The number of hydrogen-bond acceptors (Lipinski definition) is 4. The van der Waals surface area contributed by atoms with Crippen molar-refractivity contribution >= 4 is 43.7 Å². The van der Waals surface area contributed by atoms with Gasteiger partial charge in [0.2, 0.25) is 0 Å². The van der Waals surface area contributed by atoms with Gasteiger partial charge in [0.25, 0.3) is 0 Å². The van der Waals surface area contributed by atoms with Gasteiger partial charge in [-0.05, 0) is 52.6 Å². The van der Waals surface area contributed by atoms with Gasteiger partial charge in [0.1, 0.15) is 5.58 Å². The van der Waals surface area contributed by atoms with Gasteiger partial charge in [0.15, 0.2) is 23.1 Å². The summed E-state index contributed by atoms with van der Waals surface area (Å²) in [5.74, 6) is 1.86.